The van der Waals surface area contributed by atoms with Crippen LogP contribution in [0.2, 0.25) is 0 Å². The minimum absolute atomic E-state index is 0.299. The van der Waals surface area contributed by atoms with Gasteiger partial charge in [-0.15, -0.1) is 0 Å². The standard InChI is InChI=1S/C13H28N2O2S2/c1-4-13-11-15(8-9-18-13)19(16,17)10-6-5-7-14-12(2)3/h12-14H,4-11H2,1-3H3. The maximum Gasteiger partial charge on any atom is 0.214 e. The van der Waals surface area contributed by atoms with Crippen molar-refractivity contribution in [3.63, 3.8) is 0 Å². The van der Waals surface area contributed by atoms with Crippen LogP contribution in [0.1, 0.15) is 40.0 Å². The molecule has 1 atom stereocenters. The molecular formula is C13H28N2O2S2. The largest absolute Gasteiger partial charge is 0.315 e. The molecule has 1 aliphatic heterocycles. The van der Waals surface area contributed by atoms with Gasteiger partial charge >= 0.3 is 0 Å². The second-order valence-corrected chi connectivity index (χ2v) is 8.89. The van der Waals surface area contributed by atoms with Crippen molar-refractivity contribution in [2.24, 2.45) is 0 Å². The summed E-state index contributed by atoms with van der Waals surface area (Å²) >= 11 is 1.90. The van der Waals surface area contributed by atoms with Crippen LogP contribution in [0.4, 0.5) is 0 Å². The number of hydrogen-bond acceptors (Lipinski definition) is 4. The fraction of sp³-hybridized carbons (Fsp3) is 1.00. The van der Waals surface area contributed by atoms with Crippen LogP contribution in [0.25, 0.3) is 0 Å². The van der Waals surface area contributed by atoms with E-state index in [4.69, 9.17) is 0 Å². The Balaban J connectivity index is 2.30. The van der Waals surface area contributed by atoms with Crippen LogP contribution in [0.5, 0.6) is 0 Å². The maximum atomic E-state index is 12.2. The predicted octanol–water partition coefficient (Wildman–Crippen LogP) is 1.92. The molecule has 1 unspecified atom stereocenters. The van der Waals surface area contributed by atoms with Crippen molar-refractivity contribution >= 4 is 21.8 Å². The highest BCUT2D eigenvalue weighted by atomic mass is 32.2. The van der Waals surface area contributed by atoms with Gasteiger partial charge in [-0.05, 0) is 25.8 Å². The Labute approximate surface area is 122 Å². The van der Waals surface area contributed by atoms with E-state index in [9.17, 15) is 8.42 Å². The lowest BCUT2D eigenvalue weighted by Crippen LogP contribution is -2.42. The molecule has 0 aromatic heterocycles. The van der Waals surface area contributed by atoms with E-state index < -0.39 is 10.0 Å². The zero-order valence-electron chi connectivity index (χ0n) is 12.4. The Bertz CT molecular complexity index is 345. The van der Waals surface area contributed by atoms with Crippen LogP contribution in [0, 0.1) is 0 Å². The molecule has 0 aromatic carbocycles. The smallest absolute Gasteiger partial charge is 0.214 e. The molecule has 0 spiro atoms. The summed E-state index contributed by atoms with van der Waals surface area (Å²) in [6.07, 6.45) is 2.73. The van der Waals surface area contributed by atoms with Gasteiger partial charge in [-0.3, -0.25) is 0 Å². The third-order valence-corrected chi connectivity index (χ3v) is 6.63. The zero-order valence-corrected chi connectivity index (χ0v) is 14.0. The summed E-state index contributed by atoms with van der Waals surface area (Å²) in [6, 6.07) is 0.473. The molecule has 1 saturated heterocycles. The number of rotatable bonds is 8. The first kappa shape index (κ1) is 17.3. The van der Waals surface area contributed by atoms with Crippen LogP contribution < -0.4 is 5.32 Å². The van der Waals surface area contributed by atoms with E-state index in [1.165, 1.54) is 0 Å². The second kappa shape index (κ2) is 8.49. The van der Waals surface area contributed by atoms with Crippen molar-refractivity contribution < 1.29 is 8.42 Å². The Morgan fingerprint density at radius 1 is 1.37 bits per heavy atom. The van der Waals surface area contributed by atoms with E-state index >= 15 is 0 Å². The van der Waals surface area contributed by atoms with Crippen molar-refractivity contribution in [1.82, 2.24) is 9.62 Å². The van der Waals surface area contributed by atoms with Crippen molar-refractivity contribution in [2.75, 3.05) is 31.1 Å². The molecule has 1 rings (SSSR count). The molecule has 0 aliphatic carbocycles. The lowest BCUT2D eigenvalue weighted by molar-refractivity contribution is 0.414. The van der Waals surface area contributed by atoms with Gasteiger partial charge in [0.2, 0.25) is 10.0 Å². The average molecular weight is 309 g/mol. The summed E-state index contributed by atoms with van der Waals surface area (Å²) in [5.41, 5.74) is 0. The van der Waals surface area contributed by atoms with Crippen LogP contribution in [-0.4, -0.2) is 55.2 Å². The summed E-state index contributed by atoms with van der Waals surface area (Å²) < 4.78 is 26.2. The minimum Gasteiger partial charge on any atom is -0.315 e. The molecule has 0 aromatic rings. The Hall–Kier alpha value is 0.220. The predicted molar refractivity (Wildman–Crippen MR) is 84.3 cm³/mol. The van der Waals surface area contributed by atoms with Crippen LogP contribution in [0.3, 0.4) is 0 Å². The zero-order chi connectivity index (χ0) is 14.3. The van der Waals surface area contributed by atoms with E-state index in [1.807, 2.05) is 11.8 Å². The Kier molecular flexibility index (Phi) is 7.72. The van der Waals surface area contributed by atoms with Crippen molar-refractivity contribution in [2.45, 2.75) is 51.3 Å². The first-order chi connectivity index (χ1) is 8.95. The molecule has 114 valence electrons. The highest BCUT2D eigenvalue weighted by Gasteiger charge is 2.27. The SMILES string of the molecule is CCC1CN(S(=O)(=O)CCCCNC(C)C)CCS1. The normalized spacial score (nSPS) is 22.0. The highest BCUT2D eigenvalue weighted by Crippen LogP contribution is 2.23. The van der Waals surface area contributed by atoms with Crippen molar-refractivity contribution in [3.8, 4) is 0 Å². The number of unbranched alkanes of at least 4 members (excludes halogenated alkanes) is 1. The Morgan fingerprint density at radius 3 is 2.74 bits per heavy atom. The molecule has 1 heterocycles. The molecule has 0 amide bonds. The molecule has 19 heavy (non-hydrogen) atoms. The van der Waals surface area contributed by atoms with E-state index in [2.05, 4.69) is 26.1 Å². The summed E-state index contributed by atoms with van der Waals surface area (Å²) in [5.74, 6) is 1.24. The second-order valence-electron chi connectivity index (χ2n) is 5.39. The van der Waals surface area contributed by atoms with Gasteiger partial charge < -0.3 is 5.32 Å². The van der Waals surface area contributed by atoms with Crippen molar-refractivity contribution in [3.05, 3.63) is 0 Å². The van der Waals surface area contributed by atoms with Crippen molar-refractivity contribution in [1.29, 1.82) is 0 Å². The van der Waals surface area contributed by atoms with Gasteiger partial charge in [0.1, 0.15) is 0 Å². The monoisotopic (exact) mass is 308 g/mol. The third kappa shape index (κ3) is 6.47. The van der Waals surface area contributed by atoms with Gasteiger partial charge in [-0.1, -0.05) is 20.8 Å². The summed E-state index contributed by atoms with van der Waals surface area (Å²) in [7, 11) is -3.03. The number of hydrogen-bond donors (Lipinski definition) is 1. The molecule has 4 nitrogen and oxygen atoms in total. The molecule has 6 heteroatoms. The number of nitrogens with one attached hydrogen (secondary N) is 1. The first-order valence-corrected chi connectivity index (χ1v) is 9.94. The maximum absolute atomic E-state index is 12.2. The molecule has 0 saturated carbocycles. The van der Waals surface area contributed by atoms with Gasteiger partial charge in [0.25, 0.3) is 0 Å². The molecule has 0 bridgehead atoms. The van der Waals surface area contributed by atoms with Gasteiger partial charge in [-0.2, -0.15) is 16.1 Å². The van der Waals surface area contributed by atoms with Gasteiger partial charge in [0, 0.05) is 30.1 Å². The van der Waals surface area contributed by atoms with Crippen LogP contribution in [0.15, 0.2) is 0 Å². The fourth-order valence-corrected chi connectivity index (χ4v) is 5.11. The van der Waals surface area contributed by atoms with Crippen LogP contribution in [-0.2, 0) is 10.0 Å². The summed E-state index contributed by atoms with van der Waals surface area (Å²) in [4.78, 5) is 0. The molecule has 0 radical (unpaired) electrons. The first-order valence-electron chi connectivity index (χ1n) is 7.28. The lowest BCUT2D eigenvalue weighted by Gasteiger charge is -2.31. The van der Waals surface area contributed by atoms with Gasteiger partial charge in [0.15, 0.2) is 0 Å². The molecule has 1 aliphatic rings. The van der Waals surface area contributed by atoms with Crippen LogP contribution >= 0.6 is 11.8 Å². The Morgan fingerprint density at radius 2 is 2.11 bits per heavy atom. The van der Waals surface area contributed by atoms with Gasteiger partial charge in [-0.25, -0.2) is 8.42 Å². The minimum atomic E-state index is -3.03. The third-order valence-electron chi connectivity index (χ3n) is 3.33. The van der Waals surface area contributed by atoms with E-state index in [-0.39, 0.29) is 0 Å². The summed E-state index contributed by atoms with van der Waals surface area (Å²) in [6.45, 7) is 8.63. The molecular weight excluding hydrogens is 280 g/mol. The number of sulfonamides is 1. The van der Waals surface area contributed by atoms with E-state index in [1.54, 1.807) is 4.31 Å². The summed E-state index contributed by atoms with van der Waals surface area (Å²) in [5, 5.41) is 3.79. The fourth-order valence-electron chi connectivity index (χ4n) is 2.12. The van der Waals surface area contributed by atoms with E-state index in [0.717, 1.165) is 31.6 Å². The number of thioether (sulfide) groups is 1. The number of nitrogens with zero attached hydrogens (tertiary/aromatic N) is 1. The van der Waals surface area contributed by atoms with Gasteiger partial charge in [0.05, 0.1) is 5.75 Å². The lowest BCUT2D eigenvalue weighted by atomic mass is 10.3. The topological polar surface area (TPSA) is 49.4 Å². The highest BCUT2D eigenvalue weighted by molar-refractivity contribution is 8.00. The molecule has 1 fully saturated rings. The molecule has 1 N–H and O–H groups in total. The quantitative estimate of drug-likeness (QED) is 0.696. The van der Waals surface area contributed by atoms with E-state index in [0.29, 0.717) is 30.1 Å². The average Bonchev–Trinajstić information content (AvgIpc) is 2.38.